The molecule has 2 rings (SSSR count). The van der Waals surface area contributed by atoms with Gasteiger partial charge in [-0.15, -0.1) is 0 Å². The minimum Gasteiger partial charge on any atom is -0.496 e. The lowest BCUT2D eigenvalue weighted by atomic mass is 9.78. The van der Waals surface area contributed by atoms with E-state index in [0.717, 1.165) is 22.5 Å². The third kappa shape index (κ3) is 3.02. The molecule has 1 aliphatic heterocycles. The van der Waals surface area contributed by atoms with E-state index in [1.807, 2.05) is 46.8 Å². The molecule has 1 saturated heterocycles. The Bertz CT molecular complexity index is 472. The first-order valence-corrected chi connectivity index (χ1v) is 6.80. The fraction of sp³-hybridized carbons (Fsp3) is 0.600. The maximum absolute atomic E-state index is 6.06. The van der Waals surface area contributed by atoms with Crippen LogP contribution in [0.4, 0.5) is 0 Å². The van der Waals surface area contributed by atoms with E-state index in [0.29, 0.717) is 0 Å². The van der Waals surface area contributed by atoms with E-state index in [1.54, 1.807) is 14.2 Å². The zero-order valence-electron chi connectivity index (χ0n) is 13.9. The van der Waals surface area contributed by atoms with Gasteiger partial charge in [-0.05, 0) is 52.2 Å². The molecular formula is C15H25BO5. The maximum atomic E-state index is 6.06. The van der Waals surface area contributed by atoms with Crippen LogP contribution in [0.15, 0.2) is 12.1 Å². The van der Waals surface area contributed by atoms with Crippen molar-refractivity contribution in [1.29, 1.82) is 0 Å². The van der Waals surface area contributed by atoms with E-state index >= 15 is 0 Å². The molecule has 0 bridgehead atoms. The van der Waals surface area contributed by atoms with Crippen LogP contribution in [0, 0.1) is 6.92 Å². The summed E-state index contributed by atoms with van der Waals surface area (Å²) in [5, 5.41) is 0. The smallest absolute Gasteiger partial charge is 0.495 e. The Hall–Kier alpha value is -1.24. The molecule has 0 amide bonds. The fourth-order valence-corrected chi connectivity index (χ4v) is 2.22. The van der Waals surface area contributed by atoms with E-state index < -0.39 is 7.12 Å². The summed E-state index contributed by atoms with van der Waals surface area (Å²) in [6.07, 6.45) is 0. The number of hydrogen-bond donors (Lipinski definition) is 0. The molecule has 0 aromatic heterocycles. The van der Waals surface area contributed by atoms with Crippen LogP contribution in [0.2, 0.25) is 0 Å². The highest BCUT2D eigenvalue weighted by Gasteiger charge is 2.51. The summed E-state index contributed by atoms with van der Waals surface area (Å²) in [5.74, 6) is 1.54. The summed E-state index contributed by atoms with van der Waals surface area (Å²) in [6.45, 7) is 10.1. The van der Waals surface area contributed by atoms with Crippen molar-refractivity contribution >= 4 is 12.6 Å². The lowest BCUT2D eigenvalue weighted by molar-refractivity contribution is 0.00578. The van der Waals surface area contributed by atoms with Crippen LogP contribution in [0.1, 0.15) is 33.3 Å². The first-order chi connectivity index (χ1) is 9.21. The summed E-state index contributed by atoms with van der Waals surface area (Å²) >= 11 is 0. The number of methoxy groups -OCH3 is 2. The van der Waals surface area contributed by atoms with Crippen LogP contribution in [0.25, 0.3) is 0 Å². The van der Waals surface area contributed by atoms with Gasteiger partial charge < -0.3 is 24.3 Å². The molecule has 5 nitrogen and oxygen atoms in total. The first kappa shape index (κ1) is 17.8. The van der Waals surface area contributed by atoms with Gasteiger partial charge in [0.2, 0.25) is 0 Å². The third-order valence-electron chi connectivity index (χ3n) is 4.30. The van der Waals surface area contributed by atoms with Gasteiger partial charge in [0, 0.05) is 5.56 Å². The van der Waals surface area contributed by atoms with E-state index in [-0.39, 0.29) is 16.7 Å². The Kier molecular flexibility index (Phi) is 4.98. The zero-order valence-corrected chi connectivity index (χ0v) is 13.9. The minimum atomic E-state index is -0.414. The molecule has 2 N–H and O–H groups in total. The molecule has 1 heterocycles. The quantitative estimate of drug-likeness (QED) is 0.792. The van der Waals surface area contributed by atoms with Crippen LogP contribution < -0.4 is 14.9 Å². The molecule has 0 unspecified atom stereocenters. The van der Waals surface area contributed by atoms with Gasteiger partial charge in [0.25, 0.3) is 0 Å². The Labute approximate surface area is 127 Å². The van der Waals surface area contributed by atoms with Gasteiger partial charge in [-0.2, -0.15) is 0 Å². The van der Waals surface area contributed by atoms with Crippen LogP contribution >= 0.6 is 0 Å². The standard InChI is InChI=1S/C15H23BO4.H2O/c1-10-12(17-6)8-11(9-13(10)18-7)16-19-14(2,3)15(4,5)20-16;/h8-9H,1-7H3;1H2. The highest BCUT2D eigenvalue weighted by Crippen LogP contribution is 2.37. The normalized spacial score (nSPS) is 19.1. The molecule has 0 atom stereocenters. The zero-order chi connectivity index (χ0) is 15.1. The van der Waals surface area contributed by atoms with Gasteiger partial charge in [0.15, 0.2) is 0 Å². The molecule has 0 aliphatic carbocycles. The Balaban J connectivity index is 0.00000220. The minimum absolute atomic E-state index is 0. The number of ether oxygens (including phenoxy) is 2. The predicted molar refractivity (Wildman–Crippen MR) is 83.6 cm³/mol. The van der Waals surface area contributed by atoms with Crippen LogP contribution in [0.5, 0.6) is 11.5 Å². The number of hydrogen-bond acceptors (Lipinski definition) is 4. The first-order valence-electron chi connectivity index (χ1n) is 6.80. The number of benzene rings is 1. The monoisotopic (exact) mass is 296 g/mol. The van der Waals surface area contributed by atoms with Crippen molar-refractivity contribution in [1.82, 2.24) is 0 Å². The molecule has 1 aliphatic rings. The Morgan fingerprint density at radius 2 is 1.29 bits per heavy atom. The fourth-order valence-electron chi connectivity index (χ4n) is 2.22. The van der Waals surface area contributed by atoms with Crippen LogP contribution in [-0.4, -0.2) is 38.0 Å². The largest absolute Gasteiger partial charge is 0.496 e. The van der Waals surface area contributed by atoms with Gasteiger partial charge in [-0.3, -0.25) is 0 Å². The highest BCUT2D eigenvalue weighted by molar-refractivity contribution is 6.62. The van der Waals surface area contributed by atoms with Crippen molar-refractivity contribution in [3.63, 3.8) is 0 Å². The summed E-state index contributed by atoms with van der Waals surface area (Å²) < 4.78 is 22.9. The molecule has 21 heavy (non-hydrogen) atoms. The molecule has 1 aromatic rings. The lowest BCUT2D eigenvalue weighted by Gasteiger charge is -2.32. The van der Waals surface area contributed by atoms with Crippen LogP contribution in [0.3, 0.4) is 0 Å². The van der Waals surface area contributed by atoms with Crippen molar-refractivity contribution in [3.8, 4) is 11.5 Å². The summed E-state index contributed by atoms with van der Waals surface area (Å²) in [6, 6.07) is 3.89. The molecule has 0 saturated carbocycles. The summed E-state index contributed by atoms with van der Waals surface area (Å²) in [7, 11) is 2.88. The molecule has 1 aromatic carbocycles. The maximum Gasteiger partial charge on any atom is 0.495 e. The van der Waals surface area contributed by atoms with Gasteiger partial charge in [0.05, 0.1) is 25.4 Å². The van der Waals surface area contributed by atoms with E-state index in [1.165, 1.54) is 0 Å². The van der Waals surface area contributed by atoms with Gasteiger partial charge in [-0.1, -0.05) is 0 Å². The molecule has 118 valence electrons. The second-order valence-electron chi connectivity index (χ2n) is 6.14. The Morgan fingerprint density at radius 3 is 1.62 bits per heavy atom. The molecule has 6 heteroatoms. The predicted octanol–water partition coefficient (Wildman–Crippen LogP) is 1.49. The molecule has 1 fully saturated rings. The van der Waals surface area contributed by atoms with Crippen molar-refractivity contribution in [2.24, 2.45) is 0 Å². The average molecular weight is 296 g/mol. The second kappa shape index (κ2) is 5.87. The lowest BCUT2D eigenvalue weighted by Crippen LogP contribution is -2.41. The van der Waals surface area contributed by atoms with E-state index in [4.69, 9.17) is 18.8 Å². The van der Waals surface area contributed by atoms with Crippen molar-refractivity contribution in [2.45, 2.75) is 45.8 Å². The average Bonchev–Trinajstić information content (AvgIpc) is 2.58. The van der Waals surface area contributed by atoms with Crippen LogP contribution in [-0.2, 0) is 9.31 Å². The second-order valence-corrected chi connectivity index (χ2v) is 6.14. The third-order valence-corrected chi connectivity index (χ3v) is 4.30. The van der Waals surface area contributed by atoms with Crippen molar-refractivity contribution < 1.29 is 24.3 Å². The topological polar surface area (TPSA) is 68.4 Å². The highest BCUT2D eigenvalue weighted by atomic mass is 16.7. The molecule has 0 spiro atoms. The van der Waals surface area contributed by atoms with Gasteiger partial charge >= 0.3 is 7.12 Å². The van der Waals surface area contributed by atoms with Gasteiger partial charge in [0.1, 0.15) is 11.5 Å². The van der Waals surface area contributed by atoms with E-state index in [9.17, 15) is 0 Å². The SMILES string of the molecule is COc1cc(B2OC(C)(C)C(C)(C)O2)cc(OC)c1C.O. The molecule has 0 radical (unpaired) electrons. The van der Waals surface area contributed by atoms with Gasteiger partial charge in [-0.25, -0.2) is 0 Å². The Morgan fingerprint density at radius 1 is 0.905 bits per heavy atom. The summed E-state index contributed by atoms with van der Waals surface area (Å²) in [5.41, 5.74) is 1.16. The molecular weight excluding hydrogens is 271 g/mol. The summed E-state index contributed by atoms with van der Waals surface area (Å²) in [4.78, 5) is 0. The van der Waals surface area contributed by atoms with Crippen molar-refractivity contribution in [3.05, 3.63) is 17.7 Å². The van der Waals surface area contributed by atoms with Crippen molar-refractivity contribution in [2.75, 3.05) is 14.2 Å². The number of rotatable bonds is 3. The van der Waals surface area contributed by atoms with E-state index in [2.05, 4.69) is 0 Å².